The van der Waals surface area contributed by atoms with E-state index in [2.05, 4.69) is 48.8 Å². The molecule has 0 spiro atoms. The molecule has 1 aromatic rings. The molecule has 0 saturated carbocycles. The van der Waals surface area contributed by atoms with E-state index >= 15 is 0 Å². The van der Waals surface area contributed by atoms with Crippen molar-refractivity contribution in [1.29, 1.82) is 0 Å². The molecule has 0 amide bonds. The first kappa shape index (κ1) is 14.7. The highest BCUT2D eigenvalue weighted by atomic mass is 79.9. The summed E-state index contributed by atoms with van der Waals surface area (Å²) in [4.78, 5) is 0. The summed E-state index contributed by atoms with van der Waals surface area (Å²) < 4.78 is 7.11. The largest absolute Gasteiger partial charge is 0.369 e. The van der Waals surface area contributed by atoms with Crippen molar-refractivity contribution in [2.45, 2.75) is 51.9 Å². The highest BCUT2D eigenvalue weighted by molar-refractivity contribution is 9.10. The Morgan fingerprint density at radius 2 is 2.00 bits per heavy atom. The Bertz CT molecular complexity index is 343. The Hall–Kier alpha value is -0.380. The molecular weight excluding hydrogens is 278 g/mol. The van der Waals surface area contributed by atoms with E-state index in [1.807, 2.05) is 12.1 Å². The van der Waals surface area contributed by atoms with Crippen molar-refractivity contribution in [1.82, 2.24) is 0 Å². The van der Waals surface area contributed by atoms with Crippen LogP contribution in [-0.4, -0.2) is 12.1 Å². The molecule has 0 aliphatic heterocycles. The average Bonchev–Trinajstić information content (AvgIpc) is 2.34. The number of hydrogen-bond donors (Lipinski definition) is 1. The van der Waals surface area contributed by atoms with Crippen LogP contribution >= 0.6 is 15.9 Å². The minimum Gasteiger partial charge on any atom is -0.369 e. The second kappa shape index (κ2) is 7.14. The number of benzene rings is 1. The van der Waals surface area contributed by atoms with Crippen LogP contribution in [0.1, 0.15) is 45.3 Å². The molecule has 3 atom stereocenters. The Labute approximate surface area is 113 Å². The normalized spacial score (nSPS) is 16.5. The van der Waals surface area contributed by atoms with Crippen LogP contribution in [0.2, 0.25) is 0 Å². The molecule has 3 unspecified atom stereocenters. The maximum absolute atomic E-state index is 6.16. The fourth-order valence-corrected chi connectivity index (χ4v) is 2.09. The SMILES string of the molecule is CCC(C)OC(c1cccc(Br)c1)C(N)CC. The summed E-state index contributed by atoms with van der Waals surface area (Å²) in [5.74, 6) is 0. The van der Waals surface area contributed by atoms with Crippen molar-refractivity contribution in [2.75, 3.05) is 0 Å². The van der Waals surface area contributed by atoms with Gasteiger partial charge in [-0.25, -0.2) is 0 Å². The molecular formula is C14H22BrNO. The van der Waals surface area contributed by atoms with Gasteiger partial charge in [-0.3, -0.25) is 0 Å². The fraction of sp³-hybridized carbons (Fsp3) is 0.571. The van der Waals surface area contributed by atoms with Crippen molar-refractivity contribution in [3.8, 4) is 0 Å². The van der Waals surface area contributed by atoms with Crippen LogP contribution < -0.4 is 5.73 Å². The molecule has 0 fully saturated rings. The standard InChI is InChI=1S/C14H22BrNO/c1-4-10(3)17-14(13(16)5-2)11-7-6-8-12(15)9-11/h6-10,13-14H,4-5,16H2,1-3H3. The molecule has 96 valence electrons. The first-order valence-corrected chi connectivity index (χ1v) is 7.04. The van der Waals surface area contributed by atoms with Gasteiger partial charge in [0.25, 0.3) is 0 Å². The molecule has 2 N–H and O–H groups in total. The second-order valence-electron chi connectivity index (χ2n) is 4.40. The summed E-state index contributed by atoms with van der Waals surface area (Å²) in [5, 5.41) is 0. The molecule has 17 heavy (non-hydrogen) atoms. The predicted octanol–water partition coefficient (Wildman–Crippen LogP) is 4.04. The number of hydrogen-bond acceptors (Lipinski definition) is 2. The Morgan fingerprint density at radius 1 is 1.29 bits per heavy atom. The van der Waals surface area contributed by atoms with Crippen LogP contribution in [-0.2, 0) is 4.74 Å². The van der Waals surface area contributed by atoms with E-state index in [1.54, 1.807) is 0 Å². The van der Waals surface area contributed by atoms with Crippen molar-refractivity contribution in [2.24, 2.45) is 5.73 Å². The Kier molecular flexibility index (Phi) is 6.17. The molecule has 2 nitrogen and oxygen atoms in total. The van der Waals surface area contributed by atoms with Gasteiger partial charge in [-0.1, -0.05) is 41.9 Å². The molecule has 0 aromatic heterocycles. The molecule has 0 saturated heterocycles. The maximum atomic E-state index is 6.16. The van der Waals surface area contributed by atoms with Crippen LogP contribution in [0.15, 0.2) is 28.7 Å². The molecule has 0 radical (unpaired) electrons. The van der Waals surface area contributed by atoms with E-state index < -0.39 is 0 Å². The highest BCUT2D eigenvalue weighted by Crippen LogP contribution is 2.26. The smallest absolute Gasteiger partial charge is 0.0979 e. The monoisotopic (exact) mass is 299 g/mol. The summed E-state index contributed by atoms with van der Waals surface area (Å²) >= 11 is 3.49. The molecule has 1 rings (SSSR count). The van der Waals surface area contributed by atoms with Crippen LogP contribution in [0.5, 0.6) is 0 Å². The molecule has 1 aromatic carbocycles. The minimum absolute atomic E-state index is 0.0209. The van der Waals surface area contributed by atoms with E-state index in [0.29, 0.717) is 0 Å². The first-order valence-electron chi connectivity index (χ1n) is 6.25. The van der Waals surface area contributed by atoms with Crippen LogP contribution in [0.3, 0.4) is 0 Å². The molecule has 3 heteroatoms. The van der Waals surface area contributed by atoms with Crippen molar-refractivity contribution < 1.29 is 4.74 Å². The number of halogens is 1. The van der Waals surface area contributed by atoms with Gasteiger partial charge in [-0.15, -0.1) is 0 Å². The van der Waals surface area contributed by atoms with E-state index in [-0.39, 0.29) is 18.2 Å². The lowest BCUT2D eigenvalue weighted by molar-refractivity contribution is -0.0197. The summed E-state index contributed by atoms with van der Waals surface area (Å²) in [6, 6.07) is 8.24. The molecule has 0 aliphatic carbocycles. The zero-order chi connectivity index (χ0) is 12.8. The van der Waals surface area contributed by atoms with Gasteiger partial charge in [0.2, 0.25) is 0 Å². The molecule has 0 bridgehead atoms. The van der Waals surface area contributed by atoms with Crippen molar-refractivity contribution in [3.63, 3.8) is 0 Å². The third-order valence-corrected chi connectivity index (χ3v) is 3.48. The summed E-state index contributed by atoms with van der Waals surface area (Å²) in [7, 11) is 0. The summed E-state index contributed by atoms with van der Waals surface area (Å²) in [6.45, 7) is 6.31. The van der Waals surface area contributed by atoms with E-state index in [1.165, 1.54) is 0 Å². The van der Waals surface area contributed by atoms with E-state index in [4.69, 9.17) is 10.5 Å². The number of ether oxygens (including phenoxy) is 1. The zero-order valence-corrected chi connectivity index (χ0v) is 12.4. The molecule has 0 heterocycles. The third-order valence-electron chi connectivity index (χ3n) is 2.99. The van der Waals surface area contributed by atoms with Gasteiger partial charge in [-0.05, 0) is 37.5 Å². The van der Waals surface area contributed by atoms with Crippen molar-refractivity contribution in [3.05, 3.63) is 34.3 Å². The van der Waals surface area contributed by atoms with E-state index in [9.17, 15) is 0 Å². The summed E-state index contributed by atoms with van der Waals surface area (Å²) in [6.07, 6.45) is 2.12. The topological polar surface area (TPSA) is 35.2 Å². The average molecular weight is 300 g/mol. The van der Waals surface area contributed by atoms with Crippen molar-refractivity contribution >= 4 is 15.9 Å². The Morgan fingerprint density at radius 3 is 2.53 bits per heavy atom. The summed E-state index contributed by atoms with van der Waals surface area (Å²) in [5.41, 5.74) is 7.31. The van der Waals surface area contributed by atoms with E-state index in [0.717, 1.165) is 22.9 Å². The minimum atomic E-state index is -0.0209. The lowest BCUT2D eigenvalue weighted by Crippen LogP contribution is -2.31. The van der Waals surface area contributed by atoms with Gasteiger partial charge in [0.1, 0.15) is 0 Å². The predicted molar refractivity (Wildman–Crippen MR) is 76.0 cm³/mol. The van der Waals surface area contributed by atoms with Gasteiger partial charge in [-0.2, -0.15) is 0 Å². The zero-order valence-electron chi connectivity index (χ0n) is 10.8. The fourth-order valence-electron chi connectivity index (χ4n) is 1.67. The number of nitrogens with two attached hydrogens (primary N) is 1. The van der Waals surface area contributed by atoms with Crippen LogP contribution in [0.4, 0.5) is 0 Å². The second-order valence-corrected chi connectivity index (χ2v) is 5.32. The van der Waals surface area contributed by atoms with Gasteiger partial charge in [0.05, 0.1) is 12.2 Å². The number of rotatable bonds is 6. The van der Waals surface area contributed by atoms with Gasteiger partial charge < -0.3 is 10.5 Å². The maximum Gasteiger partial charge on any atom is 0.0979 e. The first-order chi connectivity index (χ1) is 8.08. The van der Waals surface area contributed by atoms with Gasteiger partial charge >= 0.3 is 0 Å². The quantitative estimate of drug-likeness (QED) is 0.860. The van der Waals surface area contributed by atoms with Crippen LogP contribution in [0, 0.1) is 0 Å². The lowest BCUT2D eigenvalue weighted by Gasteiger charge is -2.27. The lowest BCUT2D eigenvalue weighted by atomic mass is 10.0. The Balaban J connectivity index is 2.89. The van der Waals surface area contributed by atoms with Gasteiger partial charge in [0.15, 0.2) is 0 Å². The van der Waals surface area contributed by atoms with Gasteiger partial charge in [0, 0.05) is 10.5 Å². The molecule has 0 aliphatic rings. The van der Waals surface area contributed by atoms with Crippen LogP contribution in [0.25, 0.3) is 0 Å². The third kappa shape index (κ3) is 4.41. The highest BCUT2D eigenvalue weighted by Gasteiger charge is 2.21.